The van der Waals surface area contributed by atoms with E-state index >= 15 is 0 Å². The Balaban J connectivity index is 1.88. The van der Waals surface area contributed by atoms with Gasteiger partial charge < -0.3 is 15.2 Å². The SMILES string of the molecule is CSc1nnc2c(n1)O[C@H](c1cc([N+](=O)[O-])ccc1[O-])Nc1ccccc1-2. The number of ether oxygens (including phenoxy) is 1. The second-order valence-electron chi connectivity index (χ2n) is 5.62. The Labute approximate surface area is 157 Å². The normalized spacial score (nSPS) is 14.9. The van der Waals surface area contributed by atoms with Gasteiger partial charge in [-0.3, -0.25) is 10.1 Å². The number of non-ortho nitro benzene ring substituents is 1. The highest BCUT2D eigenvalue weighted by Gasteiger charge is 2.27. The molecule has 0 radical (unpaired) electrons. The van der Waals surface area contributed by atoms with Crippen molar-refractivity contribution in [2.24, 2.45) is 0 Å². The number of fused-ring (bicyclic) bond motifs is 3. The van der Waals surface area contributed by atoms with Crippen molar-refractivity contribution >= 4 is 23.1 Å². The van der Waals surface area contributed by atoms with E-state index < -0.39 is 11.2 Å². The highest BCUT2D eigenvalue weighted by Crippen LogP contribution is 2.40. The fourth-order valence-corrected chi connectivity index (χ4v) is 3.03. The fraction of sp³-hybridized carbons (Fsp3) is 0.118. The molecule has 1 aromatic heterocycles. The second-order valence-corrected chi connectivity index (χ2v) is 6.39. The molecule has 0 saturated carbocycles. The molecule has 1 N–H and O–H groups in total. The molecule has 0 unspecified atom stereocenters. The molecule has 9 nitrogen and oxygen atoms in total. The summed E-state index contributed by atoms with van der Waals surface area (Å²) in [4.78, 5) is 14.9. The highest BCUT2D eigenvalue weighted by atomic mass is 32.2. The molecule has 0 aliphatic carbocycles. The summed E-state index contributed by atoms with van der Waals surface area (Å²) in [6.45, 7) is 0. The van der Waals surface area contributed by atoms with E-state index in [2.05, 4.69) is 20.5 Å². The van der Waals surface area contributed by atoms with Gasteiger partial charge in [-0.1, -0.05) is 41.8 Å². The summed E-state index contributed by atoms with van der Waals surface area (Å²) >= 11 is 1.30. The maximum Gasteiger partial charge on any atom is 0.269 e. The number of thioether (sulfide) groups is 1. The first-order valence-corrected chi connectivity index (χ1v) is 9.06. The number of hydrogen-bond donors (Lipinski definition) is 1. The molecule has 1 aliphatic heterocycles. The molecular formula is C17H12N5O4S-. The minimum atomic E-state index is -0.966. The highest BCUT2D eigenvalue weighted by molar-refractivity contribution is 7.98. The van der Waals surface area contributed by atoms with Crippen molar-refractivity contribution in [2.75, 3.05) is 11.6 Å². The van der Waals surface area contributed by atoms with Crippen LogP contribution in [0.5, 0.6) is 11.6 Å². The summed E-state index contributed by atoms with van der Waals surface area (Å²) in [6.07, 6.45) is 0.839. The van der Waals surface area contributed by atoms with Crippen LogP contribution in [0, 0.1) is 10.1 Å². The van der Waals surface area contributed by atoms with Gasteiger partial charge >= 0.3 is 0 Å². The quantitative estimate of drug-likeness (QED) is 0.413. The van der Waals surface area contributed by atoms with Gasteiger partial charge in [-0.2, -0.15) is 4.98 Å². The van der Waals surface area contributed by atoms with Gasteiger partial charge in [-0.25, -0.2) is 0 Å². The second kappa shape index (κ2) is 6.72. The summed E-state index contributed by atoms with van der Waals surface area (Å²) in [5.41, 5.74) is 1.70. The van der Waals surface area contributed by atoms with E-state index in [-0.39, 0.29) is 22.9 Å². The van der Waals surface area contributed by atoms with Crippen molar-refractivity contribution in [1.82, 2.24) is 15.2 Å². The number of benzene rings is 2. The van der Waals surface area contributed by atoms with Crippen molar-refractivity contribution < 1.29 is 14.8 Å². The Morgan fingerprint density at radius 2 is 2.04 bits per heavy atom. The third-order valence-electron chi connectivity index (χ3n) is 4.00. The minimum absolute atomic E-state index is 0.108. The zero-order valence-corrected chi connectivity index (χ0v) is 14.8. The number of rotatable bonds is 3. The van der Waals surface area contributed by atoms with Crippen LogP contribution in [0.2, 0.25) is 0 Å². The Kier molecular flexibility index (Phi) is 4.24. The summed E-state index contributed by atoms with van der Waals surface area (Å²) in [5, 5.41) is 35.2. The standard InChI is InChI=1S/C17H13N5O4S/c1-27-17-19-16-14(20-21-17)10-4-2-3-5-12(10)18-15(26-16)11-8-9(22(24)25)6-7-13(11)23/h2-8,15,18,23H,1H3/p-1/t15-/m1/s1. The van der Waals surface area contributed by atoms with Crippen molar-refractivity contribution in [3.63, 3.8) is 0 Å². The van der Waals surface area contributed by atoms with Crippen LogP contribution >= 0.6 is 11.8 Å². The van der Waals surface area contributed by atoms with Crippen LogP contribution in [0.25, 0.3) is 11.3 Å². The lowest BCUT2D eigenvalue weighted by atomic mass is 10.1. The number of aromatic nitrogens is 3. The monoisotopic (exact) mass is 382 g/mol. The predicted molar refractivity (Wildman–Crippen MR) is 96.6 cm³/mol. The average Bonchev–Trinajstić information content (AvgIpc) is 2.84. The summed E-state index contributed by atoms with van der Waals surface area (Å²) in [5.74, 6) is -0.186. The lowest BCUT2D eigenvalue weighted by Crippen LogP contribution is -2.19. The van der Waals surface area contributed by atoms with Crippen molar-refractivity contribution in [3.8, 4) is 22.9 Å². The molecule has 2 aromatic carbocycles. The van der Waals surface area contributed by atoms with Crippen LogP contribution in [0.4, 0.5) is 11.4 Å². The van der Waals surface area contributed by atoms with E-state index in [1.165, 1.54) is 23.9 Å². The number of anilines is 1. The molecule has 0 amide bonds. The van der Waals surface area contributed by atoms with Gasteiger partial charge in [-0.15, -0.1) is 10.2 Å². The molecule has 0 fully saturated rings. The molecule has 4 rings (SSSR count). The van der Waals surface area contributed by atoms with E-state index in [0.29, 0.717) is 22.1 Å². The number of nitrogens with one attached hydrogen (secondary N) is 1. The Bertz CT molecular complexity index is 1050. The number of para-hydroxylation sites is 1. The van der Waals surface area contributed by atoms with E-state index in [1.54, 1.807) is 12.3 Å². The molecule has 1 atom stereocenters. The molecule has 136 valence electrons. The topological polar surface area (TPSA) is 126 Å². The Hall–Kier alpha value is -3.40. The van der Waals surface area contributed by atoms with Crippen LogP contribution in [0.1, 0.15) is 11.8 Å². The number of nitrogens with zero attached hydrogens (tertiary/aromatic N) is 4. The van der Waals surface area contributed by atoms with Crippen LogP contribution in [0.3, 0.4) is 0 Å². The number of nitro benzene ring substituents is 1. The van der Waals surface area contributed by atoms with Crippen molar-refractivity contribution in [1.29, 1.82) is 0 Å². The first-order chi connectivity index (χ1) is 13.1. The largest absolute Gasteiger partial charge is 0.872 e. The van der Waals surface area contributed by atoms with Gasteiger partial charge in [0.15, 0.2) is 11.9 Å². The fourth-order valence-electron chi connectivity index (χ4n) is 2.73. The molecule has 0 bridgehead atoms. The van der Waals surface area contributed by atoms with Crippen LogP contribution in [-0.2, 0) is 0 Å². The van der Waals surface area contributed by atoms with E-state index in [0.717, 1.165) is 6.07 Å². The van der Waals surface area contributed by atoms with Crippen LogP contribution in [-0.4, -0.2) is 26.4 Å². The summed E-state index contributed by atoms with van der Waals surface area (Å²) in [7, 11) is 0. The average molecular weight is 382 g/mol. The van der Waals surface area contributed by atoms with Gasteiger partial charge in [0.2, 0.25) is 11.0 Å². The molecule has 3 aromatic rings. The number of hydrogen-bond acceptors (Lipinski definition) is 9. The third-order valence-corrected chi connectivity index (χ3v) is 4.54. The Morgan fingerprint density at radius 1 is 1.22 bits per heavy atom. The molecule has 0 saturated heterocycles. The summed E-state index contributed by atoms with van der Waals surface area (Å²) < 4.78 is 5.92. The van der Waals surface area contributed by atoms with Crippen LogP contribution < -0.4 is 15.2 Å². The van der Waals surface area contributed by atoms with Gasteiger partial charge in [0, 0.05) is 28.9 Å². The first kappa shape index (κ1) is 17.0. The zero-order chi connectivity index (χ0) is 19.0. The predicted octanol–water partition coefficient (Wildman–Crippen LogP) is 2.75. The van der Waals surface area contributed by atoms with Crippen molar-refractivity contribution in [2.45, 2.75) is 11.4 Å². The minimum Gasteiger partial charge on any atom is -0.872 e. The molecule has 27 heavy (non-hydrogen) atoms. The molecular weight excluding hydrogens is 370 g/mol. The van der Waals surface area contributed by atoms with Gasteiger partial charge in [0.25, 0.3) is 5.69 Å². The van der Waals surface area contributed by atoms with Gasteiger partial charge in [0.05, 0.1) is 4.92 Å². The van der Waals surface area contributed by atoms with E-state index in [9.17, 15) is 15.2 Å². The third kappa shape index (κ3) is 3.10. The lowest BCUT2D eigenvalue weighted by molar-refractivity contribution is -0.385. The molecule has 0 spiro atoms. The van der Waals surface area contributed by atoms with Crippen LogP contribution in [0.15, 0.2) is 47.6 Å². The van der Waals surface area contributed by atoms with E-state index in [4.69, 9.17) is 4.74 Å². The molecule has 2 heterocycles. The zero-order valence-electron chi connectivity index (χ0n) is 13.9. The first-order valence-electron chi connectivity index (χ1n) is 7.83. The van der Waals surface area contributed by atoms with Gasteiger partial charge in [-0.05, 0) is 12.3 Å². The van der Waals surface area contributed by atoms with Crippen molar-refractivity contribution in [3.05, 3.63) is 58.1 Å². The maximum absolute atomic E-state index is 12.4. The number of nitro groups is 1. The Morgan fingerprint density at radius 3 is 2.81 bits per heavy atom. The summed E-state index contributed by atoms with van der Waals surface area (Å²) in [6, 6.07) is 10.8. The maximum atomic E-state index is 12.4. The lowest BCUT2D eigenvalue weighted by Gasteiger charge is -2.23. The van der Waals surface area contributed by atoms with E-state index in [1.807, 2.05) is 18.2 Å². The smallest absolute Gasteiger partial charge is 0.269 e. The molecule has 10 heteroatoms. The van der Waals surface area contributed by atoms with Gasteiger partial charge in [0.1, 0.15) is 0 Å². The molecule has 1 aliphatic rings.